The zero-order valence-corrected chi connectivity index (χ0v) is 16.5. The molecule has 2 aliphatic heterocycles. The van der Waals surface area contributed by atoms with Gasteiger partial charge in [-0.3, -0.25) is 4.79 Å². The summed E-state index contributed by atoms with van der Waals surface area (Å²) in [7, 11) is 2.78. The summed E-state index contributed by atoms with van der Waals surface area (Å²) in [6.07, 6.45) is 2.87. The lowest BCUT2D eigenvalue weighted by atomic mass is 10.1. The molecule has 2 heterocycles. The number of aromatic nitrogens is 3. The van der Waals surface area contributed by atoms with E-state index in [1.54, 1.807) is 50.4 Å². The normalized spacial score (nSPS) is 10.9. The number of aryl methyl sites for hydroxylation is 1. The molecule has 30 heavy (non-hydrogen) atoms. The molecular weight excluding hydrogens is 389 g/mol. The first-order chi connectivity index (χ1) is 14.4. The minimum Gasteiger partial charge on any atom is -0.497 e. The van der Waals surface area contributed by atoms with Crippen LogP contribution in [0.1, 0.15) is 15.9 Å². The van der Waals surface area contributed by atoms with Crippen LogP contribution in [0.2, 0.25) is 0 Å². The van der Waals surface area contributed by atoms with Gasteiger partial charge in [-0.2, -0.15) is 9.78 Å². The topological polar surface area (TPSA) is 75.3 Å². The van der Waals surface area contributed by atoms with Crippen molar-refractivity contribution in [3.8, 4) is 28.4 Å². The Morgan fingerprint density at radius 1 is 1.07 bits per heavy atom. The maximum absolute atomic E-state index is 14.5. The highest BCUT2D eigenvalue weighted by Crippen LogP contribution is 2.26. The third-order valence-electron chi connectivity index (χ3n) is 4.77. The van der Waals surface area contributed by atoms with E-state index in [1.165, 1.54) is 34.8 Å². The van der Waals surface area contributed by atoms with E-state index in [4.69, 9.17) is 9.47 Å². The van der Waals surface area contributed by atoms with Crippen LogP contribution in [0.25, 0.3) is 22.6 Å². The van der Waals surface area contributed by atoms with Gasteiger partial charge < -0.3 is 14.0 Å². The van der Waals surface area contributed by atoms with Crippen LogP contribution >= 0.6 is 0 Å². The predicted molar refractivity (Wildman–Crippen MR) is 108 cm³/mol. The molecule has 2 aliphatic rings. The molecule has 0 saturated carbocycles. The number of nitrogens with zero attached hydrogens (tertiary/aromatic N) is 3. The van der Waals surface area contributed by atoms with Crippen LogP contribution in [0.3, 0.4) is 0 Å². The summed E-state index contributed by atoms with van der Waals surface area (Å²) in [4.78, 5) is 25.5. The average molecular weight is 407 g/mol. The van der Waals surface area contributed by atoms with E-state index in [9.17, 15) is 14.0 Å². The van der Waals surface area contributed by atoms with E-state index in [1.807, 2.05) is 0 Å². The molecule has 2 aromatic rings. The Balaban J connectivity index is 1.97. The molecule has 7 nitrogen and oxygen atoms in total. The van der Waals surface area contributed by atoms with Crippen molar-refractivity contribution in [1.82, 2.24) is 14.3 Å². The summed E-state index contributed by atoms with van der Waals surface area (Å²) in [5, 5.41) is 4.33. The van der Waals surface area contributed by atoms with Gasteiger partial charge in [-0.25, -0.2) is 9.18 Å². The first kappa shape index (κ1) is 19.4. The first-order valence-electron chi connectivity index (χ1n) is 9.07. The van der Waals surface area contributed by atoms with Gasteiger partial charge in [-0.05, 0) is 48.9 Å². The van der Waals surface area contributed by atoms with Gasteiger partial charge in [0.2, 0.25) is 0 Å². The molecule has 0 aromatic heterocycles. The lowest BCUT2D eigenvalue weighted by Gasteiger charge is -2.12. The second-order valence-corrected chi connectivity index (χ2v) is 6.70. The minimum atomic E-state index is -0.679. The lowest BCUT2D eigenvalue weighted by Crippen LogP contribution is -2.15. The quantitative estimate of drug-likeness (QED) is 0.485. The van der Waals surface area contributed by atoms with E-state index < -0.39 is 17.3 Å². The van der Waals surface area contributed by atoms with Crippen LogP contribution < -0.4 is 10.3 Å². The van der Waals surface area contributed by atoms with Gasteiger partial charge in [0, 0.05) is 12.4 Å². The zero-order valence-electron chi connectivity index (χ0n) is 16.5. The van der Waals surface area contributed by atoms with Gasteiger partial charge in [-0.15, -0.1) is 0 Å². The van der Waals surface area contributed by atoms with E-state index in [-0.39, 0.29) is 22.5 Å². The number of rotatable bonds is 4. The van der Waals surface area contributed by atoms with E-state index in [0.29, 0.717) is 11.4 Å². The fourth-order valence-electron chi connectivity index (χ4n) is 3.22. The molecule has 0 unspecified atom stereocenters. The number of hydrogen-bond acceptors (Lipinski definition) is 5. The summed E-state index contributed by atoms with van der Waals surface area (Å²) in [6.45, 7) is 1.77. The number of hydrogen-bond donors (Lipinski definition) is 0. The van der Waals surface area contributed by atoms with Crippen molar-refractivity contribution in [1.29, 1.82) is 0 Å². The molecule has 2 aromatic carbocycles. The highest BCUT2D eigenvalue weighted by Gasteiger charge is 2.25. The minimum absolute atomic E-state index is 0.0549. The van der Waals surface area contributed by atoms with Crippen molar-refractivity contribution in [2.45, 2.75) is 6.92 Å². The third kappa shape index (κ3) is 3.22. The van der Waals surface area contributed by atoms with Crippen molar-refractivity contribution < 1.29 is 18.7 Å². The molecule has 4 rings (SSSR count). The molecule has 0 spiro atoms. The molecule has 0 N–H and O–H groups in total. The molecule has 0 fully saturated rings. The van der Waals surface area contributed by atoms with Gasteiger partial charge in [0.15, 0.2) is 0 Å². The fourth-order valence-corrected chi connectivity index (χ4v) is 3.22. The monoisotopic (exact) mass is 407 g/mol. The predicted octanol–water partition coefficient (Wildman–Crippen LogP) is 3.37. The number of esters is 1. The second kappa shape index (κ2) is 7.47. The highest BCUT2D eigenvalue weighted by molar-refractivity contribution is 5.96. The zero-order chi connectivity index (χ0) is 21.4. The molecular formula is C22H18FN3O4. The van der Waals surface area contributed by atoms with Gasteiger partial charge in [-0.1, -0.05) is 6.07 Å². The van der Waals surface area contributed by atoms with Crippen LogP contribution in [-0.2, 0) is 4.74 Å². The van der Waals surface area contributed by atoms with Gasteiger partial charge in [0.25, 0.3) is 5.56 Å². The average Bonchev–Trinajstić information content (AvgIpc) is 3.09. The van der Waals surface area contributed by atoms with E-state index >= 15 is 0 Å². The summed E-state index contributed by atoms with van der Waals surface area (Å²) in [5.74, 6) is -0.530. The Morgan fingerprint density at radius 2 is 1.80 bits per heavy atom. The second-order valence-electron chi connectivity index (χ2n) is 6.70. The van der Waals surface area contributed by atoms with Gasteiger partial charge in [0.05, 0.1) is 31.2 Å². The maximum atomic E-state index is 14.5. The van der Waals surface area contributed by atoms with Crippen molar-refractivity contribution >= 4 is 5.97 Å². The molecule has 0 aliphatic carbocycles. The summed E-state index contributed by atoms with van der Waals surface area (Å²) in [6, 6.07) is 11.5. The first-order valence-corrected chi connectivity index (χ1v) is 9.07. The van der Waals surface area contributed by atoms with Crippen LogP contribution in [-0.4, -0.2) is 34.5 Å². The number of methoxy groups -OCH3 is 2. The molecule has 0 bridgehead atoms. The summed E-state index contributed by atoms with van der Waals surface area (Å²) < 4.78 is 27.1. The molecule has 8 heteroatoms. The Bertz CT molecular complexity index is 1270. The number of halogens is 1. The molecule has 0 saturated heterocycles. The van der Waals surface area contributed by atoms with Crippen molar-refractivity contribution in [2.24, 2.45) is 0 Å². The van der Waals surface area contributed by atoms with Crippen LogP contribution in [0, 0.1) is 12.7 Å². The maximum Gasteiger partial charge on any atom is 0.341 e. The summed E-state index contributed by atoms with van der Waals surface area (Å²) in [5.41, 5.74) is 1.40. The highest BCUT2D eigenvalue weighted by atomic mass is 19.1. The smallest absolute Gasteiger partial charge is 0.341 e. The molecule has 0 atom stereocenters. The number of pyridine rings is 1. The molecule has 152 valence electrons. The largest absolute Gasteiger partial charge is 0.497 e. The standard InChI is InChI=1S/C22H18FN3O4/c1-13-4-9-19(18(23)10-13)25-11-16-20(17(12-25)22(28)30-3)24-26(21(16)27)14-5-7-15(29-2)8-6-14/h4-12H,1-3H3. The number of carbonyl (C=O) groups is 1. The van der Waals surface area contributed by atoms with Crippen LogP contribution in [0.4, 0.5) is 4.39 Å². The van der Waals surface area contributed by atoms with Gasteiger partial charge in [0.1, 0.15) is 22.8 Å². The fraction of sp³-hybridized carbons (Fsp3) is 0.136. The van der Waals surface area contributed by atoms with Gasteiger partial charge >= 0.3 is 5.97 Å². The molecule has 0 amide bonds. The van der Waals surface area contributed by atoms with Crippen molar-refractivity contribution in [3.05, 3.63) is 82.2 Å². The van der Waals surface area contributed by atoms with Crippen LogP contribution in [0.15, 0.2) is 59.7 Å². The number of ether oxygens (including phenoxy) is 2. The Hall–Kier alpha value is -3.94. The van der Waals surface area contributed by atoms with Crippen LogP contribution in [0.5, 0.6) is 5.75 Å². The van der Waals surface area contributed by atoms with Crippen molar-refractivity contribution in [2.75, 3.05) is 14.2 Å². The number of benzene rings is 2. The number of fused-ring (bicyclic) bond motifs is 1. The Morgan fingerprint density at radius 3 is 2.43 bits per heavy atom. The SMILES string of the molecule is COC(=O)c1cn(-c2ccc(C)cc2F)cc2c(=O)n(-c3ccc(OC)cc3)nc1-2. The third-order valence-corrected chi connectivity index (χ3v) is 4.77. The number of carbonyl (C=O) groups excluding carboxylic acids is 1. The Kier molecular flexibility index (Phi) is 4.83. The van der Waals surface area contributed by atoms with Crippen molar-refractivity contribution in [3.63, 3.8) is 0 Å². The van der Waals surface area contributed by atoms with E-state index in [0.717, 1.165) is 5.56 Å². The lowest BCUT2D eigenvalue weighted by molar-refractivity contribution is 0.0600. The summed E-state index contributed by atoms with van der Waals surface area (Å²) >= 11 is 0. The Labute approximate surface area is 171 Å². The van der Waals surface area contributed by atoms with E-state index in [2.05, 4.69) is 5.10 Å². The molecule has 0 radical (unpaired) electrons.